The molecule has 0 saturated heterocycles. The number of rotatable bonds is 10. The van der Waals surface area contributed by atoms with Crippen molar-refractivity contribution in [2.24, 2.45) is 5.16 Å². The first-order valence-corrected chi connectivity index (χ1v) is 5.62. The van der Waals surface area contributed by atoms with Gasteiger partial charge in [-0.1, -0.05) is 24.4 Å². The van der Waals surface area contributed by atoms with Crippen molar-refractivity contribution < 1.29 is 71.4 Å². The molecule has 0 heterocycles. The monoisotopic (exact) mass is 284 g/mol. The Balaban J connectivity index is 0. The zero-order chi connectivity index (χ0) is 13.1. The fraction of sp³-hybridized carbons (Fsp3) is 0.800. The Kier molecular flexibility index (Phi) is 15.1. The molecule has 98 valence electrons. The molecular formula is C10H17KN2O5. The first-order chi connectivity index (χ1) is 8.07. The van der Waals surface area contributed by atoms with Gasteiger partial charge in [-0.15, -0.1) is 0 Å². The van der Waals surface area contributed by atoms with Gasteiger partial charge in [0.05, 0.1) is 5.97 Å². The van der Waals surface area contributed by atoms with E-state index in [0.29, 0.717) is 12.8 Å². The van der Waals surface area contributed by atoms with Gasteiger partial charge in [-0.05, 0) is 19.3 Å². The molecule has 0 aromatic carbocycles. The van der Waals surface area contributed by atoms with E-state index >= 15 is 0 Å². The summed E-state index contributed by atoms with van der Waals surface area (Å²) in [5.74, 6) is -1.45. The quantitative estimate of drug-likeness (QED) is 0.120. The topological polar surface area (TPSA) is 116 Å². The predicted molar refractivity (Wildman–Crippen MR) is 58.4 cm³/mol. The maximum Gasteiger partial charge on any atom is 1.00 e. The first kappa shape index (κ1) is 20.3. The molecule has 0 spiro atoms. The van der Waals surface area contributed by atoms with Crippen molar-refractivity contribution in [2.45, 2.75) is 44.9 Å². The average Bonchev–Trinajstić information content (AvgIpc) is 2.26. The molecule has 0 amide bonds. The molecule has 0 fully saturated rings. The van der Waals surface area contributed by atoms with Gasteiger partial charge in [0.2, 0.25) is 6.54 Å². The molecule has 0 bridgehead atoms. The smallest absolute Gasteiger partial charge is 0.543 e. The molecule has 0 radical (unpaired) electrons. The van der Waals surface area contributed by atoms with Crippen LogP contribution in [0.1, 0.15) is 44.9 Å². The zero-order valence-corrected chi connectivity index (χ0v) is 13.8. The van der Waals surface area contributed by atoms with E-state index in [2.05, 4.69) is 5.16 Å². The molecule has 0 aromatic heterocycles. The van der Waals surface area contributed by atoms with Crippen LogP contribution >= 0.6 is 0 Å². The van der Waals surface area contributed by atoms with E-state index in [-0.39, 0.29) is 75.0 Å². The third kappa shape index (κ3) is 12.4. The normalized spacial score (nSPS) is 10.8. The molecule has 1 N–H and O–H groups in total. The standard InChI is InChI=1S/C10H18N2O5.K/c13-10(14)9(11-15)7-5-3-1-2-4-6-8-12(16)17;/h15H,1-8H2,(H,13,14);/q;+1/p-1. The number of hydrogen-bond acceptors (Lipinski definition) is 6. The van der Waals surface area contributed by atoms with E-state index in [0.717, 1.165) is 25.7 Å². The Morgan fingerprint density at radius 3 is 2.06 bits per heavy atom. The Morgan fingerprint density at radius 1 is 1.11 bits per heavy atom. The molecule has 0 aliphatic carbocycles. The first-order valence-electron chi connectivity index (χ1n) is 5.62. The second-order valence-corrected chi connectivity index (χ2v) is 3.76. The van der Waals surface area contributed by atoms with Crippen LogP contribution in [0.2, 0.25) is 0 Å². The third-order valence-electron chi connectivity index (χ3n) is 2.36. The molecule has 7 nitrogen and oxygen atoms in total. The number of carboxylic acid groups (broad SMARTS) is 1. The van der Waals surface area contributed by atoms with Crippen LogP contribution in [0, 0.1) is 10.1 Å². The van der Waals surface area contributed by atoms with Gasteiger partial charge in [-0.2, -0.15) is 0 Å². The molecule has 18 heavy (non-hydrogen) atoms. The summed E-state index contributed by atoms with van der Waals surface area (Å²) in [4.78, 5) is 20.0. The van der Waals surface area contributed by atoms with Gasteiger partial charge in [0.15, 0.2) is 0 Å². The van der Waals surface area contributed by atoms with Crippen molar-refractivity contribution >= 4 is 11.7 Å². The van der Waals surface area contributed by atoms with Gasteiger partial charge in [0, 0.05) is 11.3 Å². The molecule has 0 aliphatic heterocycles. The maximum absolute atomic E-state index is 10.3. The van der Waals surface area contributed by atoms with Crippen molar-refractivity contribution in [2.75, 3.05) is 6.54 Å². The minimum Gasteiger partial charge on any atom is -0.543 e. The van der Waals surface area contributed by atoms with E-state index < -0.39 is 5.97 Å². The van der Waals surface area contributed by atoms with Crippen molar-refractivity contribution in [3.8, 4) is 0 Å². The molecule has 0 atom stereocenters. The van der Waals surface area contributed by atoms with Gasteiger partial charge in [-0.3, -0.25) is 10.1 Å². The molecule has 0 aromatic rings. The van der Waals surface area contributed by atoms with Gasteiger partial charge in [0.1, 0.15) is 5.71 Å². The number of carboxylic acids is 1. The summed E-state index contributed by atoms with van der Waals surface area (Å²) in [6.45, 7) is 0.00595. The largest absolute Gasteiger partial charge is 1.00 e. The van der Waals surface area contributed by atoms with E-state index in [9.17, 15) is 20.0 Å². The number of oxime groups is 1. The van der Waals surface area contributed by atoms with Crippen LogP contribution in [0.15, 0.2) is 5.16 Å². The van der Waals surface area contributed by atoms with E-state index in [1.165, 1.54) is 0 Å². The fourth-order valence-corrected chi connectivity index (χ4v) is 1.43. The minimum atomic E-state index is -1.45. The maximum atomic E-state index is 10.3. The summed E-state index contributed by atoms with van der Waals surface area (Å²) in [6, 6.07) is 0. The number of carbonyl (C=O) groups excluding carboxylic acids is 1. The second-order valence-electron chi connectivity index (χ2n) is 3.76. The van der Waals surface area contributed by atoms with Crippen LogP contribution in [0.5, 0.6) is 0 Å². The number of unbranched alkanes of at least 4 members (excludes halogenated alkanes) is 5. The van der Waals surface area contributed by atoms with Crippen LogP contribution in [-0.4, -0.2) is 28.4 Å². The van der Waals surface area contributed by atoms with Crippen molar-refractivity contribution in [1.82, 2.24) is 0 Å². The van der Waals surface area contributed by atoms with Crippen LogP contribution < -0.4 is 56.5 Å². The predicted octanol–water partition coefficient (Wildman–Crippen LogP) is -2.42. The Labute approximate surface area is 148 Å². The fourth-order valence-electron chi connectivity index (χ4n) is 1.43. The van der Waals surface area contributed by atoms with Gasteiger partial charge in [0.25, 0.3) is 0 Å². The number of aliphatic carboxylic acids is 1. The summed E-state index contributed by atoms with van der Waals surface area (Å²) in [7, 11) is 0. The molecule has 0 unspecified atom stereocenters. The van der Waals surface area contributed by atoms with Crippen LogP contribution in [0.4, 0.5) is 0 Å². The SMILES string of the molecule is O=C([O-])C(CCCCCCCC[N+](=O)[O-])=NO.[K+]. The van der Waals surface area contributed by atoms with Crippen molar-refractivity contribution in [1.29, 1.82) is 0 Å². The van der Waals surface area contributed by atoms with Crippen LogP contribution in [0.3, 0.4) is 0 Å². The number of nitro groups is 1. The summed E-state index contributed by atoms with van der Waals surface area (Å²) in [5.41, 5.74) is -0.335. The van der Waals surface area contributed by atoms with E-state index in [1.54, 1.807) is 0 Å². The van der Waals surface area contributed by atoms with Crippen molar-refractivity contribution in [3.63, 3.8) is 0 Å². The average molecular weight is 284 g/mol. The number of hydrogen-bond donors (Lipinski definition) is 1. The zero-order valence-electron chi connectivity index (χ0n) is 10.6. The molecule has 0 saturated carbocycles. The summed E-state index contributed by atoms with van der Waals surface area (Å²) in [5, 5.41) is 31.3. The second kappa shape index (κ2) is 13.4. The van der Waals surface area contributed by atoms with E-state index in [1.807, 2.05) is 0 Å². The van der Waals surface area contributed by atoms with Gasteiger partial charge >= 0.3 is 51.4 Å². The number of nitrogens with zero attached hydrogens (tertiary/aromatic N) is 2. The van der Waals surface area contributed by atoms with Gasteiger partial charge in [-0.25, -0.2) is 0 Å². The molecular weight excluding hydrogens is 267 g/mol. The Morgan fingerprint density at radius 2 is 1.61 bits per heavy atom. The minimum absolute atomic E-state index is 0. The molecule has 8 heteroatoms. The van der Waals surface area contributed by atoms with Crippen LogP contribution in [-0.2, 0) is 4.79 Å². The number of carbonyl (C=O) groups is 1. The van der Waals surface area contributed by atoms with Gasteiger partial charge < -0.3 is 15.1 Å². The molecule has 0 rings (SSSR count). The summed E-state index contributed by atoms with van der Waals surface area (Å²) < 4.78 is 0. The Bertz CT molecular complexity index is 283. The third-order valence-corrected chi connectivity index (χ3v) is 2.36. The van der Waals surface area contributed by atoms with E-state index in [4.69, 9.17) is 5.21 Å². The summed E-state index contributed by atoms with van der Waals surface area (Å²) in [6.07, 6.45) is 4.78. The summed E-state index contributed by atoms with van der Waals surface area (Å²) >= 11 is 0. The Hall–Kier alpha value is -0.0236. The molecule has 0 aliphatic rings. The van der Waals surface area contributed by atoms with Crippen molar-refractivity contribution in [3.05, 3.63) is 10.1 Å². The van der Waals surface area contributed by atoms with Crippen LogP contribution in [0.25, 0.3) is 0 Å².